The lowest BCUT2D eigenvalue weighted by Gasteiger charge is -2.10. The smallest absolute Gasteiger partial charge is 0.274 e. The third-order valence-corrected chi connectivity index (χ3v) is 3.12. The van der Waals surface area contributed by atoms with Crippen LogP contribution in [0.2, 0.25) is 5.02 Å². The SMILES string of the molecule is CCNc1cccc(C(=O)Nc2c(C)cccc2Cl)n1. The maximum absolute atomic E-state index is 12.2. The van der Waals surface area contributed by atoms with Crippen LogP contribution in [-0.4, -0.2) is 17.4 Å². The van der Waals surface area contributed by atoms with E-state index in [0.29, 0.717) is 22.2 Å². The highest BCUT2D eigenvalue weighted by molar-refractivity contribution is 6.34. The van der Waals surface area contributed by atoms with Gasteiger partial charge in [-0.3, -0.25) is 4.79 Å². The van der Waals surface area contributed by atoms with Crippen LogP contribution in [0.1, 0.15) is 23.0 Å². The van der Waals surface area contributed by atoms with Crippen LogP contribution in [0, 0.1) is 6.92 Å². The molecular formula is C15H16ClN3O. The Balaban J connectivity index is 2.22. The minimum Gasteiger partial charge on any atom is -0.370 e. The first-order valence-corrected chi connectivity index (χ1v) is 6.77. The summed E-state index contributed by atoms with van der Waals surface area (Å²) in [5, 5.41) is 6.39. The Hall–Kier alpha value is -2.07. The molecule has 104 valence electrons. The molecule has 0 fully saturated rings. The molecule has 1 heterocycles. The van der Waals surface area contributed by atoms with Gasteiger partial charge in [0.15, 0.2) is 0 Å². The van der Waals surface area contributed by atoms with E-state index in [0.717, 1.165) is 12.1 Å². The Labute approximate surface area is 123 Å². The molecule has 5 heteroatoms. The summed E-state index contributed by atoms with van der Waals surface area (Å²) in [7, 11) is 0. The number of carbonyl (C=O) groups excluding carboxylic acids is 1. The molecule has 0 aliphatic rings. The number of benzene rings is 1. The van der Waals surface area contributed by atoms with Crippen LogP contribution in [0.15, 0.2) is 36.4 Å². The maximum Gasteiger partial charge on any atom is 0.274 e. The van der Waals surface area contributed by atoms with E-state index in [2.05, 4.69) is 15.6 Å². The van der Waals surface area contributed by atoms with Crippen molar-refractivity contribution in [2.75, 3.05) is 17.2 Å². The first-order chi connectivity index (χ1) is 9.61. The summed E-state index contributed by atoms with van der Waals surface area (Å²) in [6, 6.07) is 10.8. The normalized spacial score (nSPS) is 10.2. The van der Waals surface area contributed by atoms with Crippen LogP contribution in [-0.2, 0) is 0 Å². The molecule has 0 radical (unpaired) electrons. The molecule has 0 atom stereocenters. The molecule has 1 amide bonds. The third-order valence-electron chi connectivity index (χ3n) is 2.80. The van der Waals surface area contributed by atoms with Gasteiger partial charge in [-0.25, -0.2) is 4.98 Å². The second kappa shape index (κ2) is 6.39. The number of rotatable bonds is 4. The molecule has 0 saturated carbocycles. The maximum atomic E-state index is 12.2. The zero-order valence-corrected chi connectivity index (χ0v) is 12.2. The molecule has 2 aromatic rings. The van der Waals surface area contributed by atoms with Gasteiger partial charge in [0.1, 0.15) is 11.5 Å². The van der Waals surface area contributed by atoms with E-state index in [9.17, 15) is 4.79 Å². The number of nitrogens with zero attached hydrogens (tertiary/aromatic N) is 1. The van der Waals surface area contributed by atoms with Crippen LogP contribution in [0.5, 0.6) is 0 Å². The second-order valence-electron chi connectivity index (χ2n) is 4.32. The topological polar surface area (TPSA) is 54.0 Å². The number of nitrogens with one attached hydrogen (secondary N) is 2. The van der Waals surface area contributed by atoms with Gasteiger partial charge in [-0.1, -0.05) is 29.8 Å². The number of aryl methyl sites for hydroxylation is 1. The minimum atomic E-state index is -0.277. The molecule has 0 bridgehead atoms. The number of aromatic nitrogens is 1. The van der Waals surface area contributed by atoms with Gasteiger partial charge >= 0.3 is 0 Å². The molecule has 1 aromatic carbocycles. The average molecular weight is 290 g/mol. The molecule has 0 aliphatic heterocycles. The van der Waals surface area contributed by atoms with Gasteiger partial charge in [-0.15, -0.1) is 0 Å². The monoisotopic (exact) mass is 289 g/mol. The number of hydrogen-bond donors (Lipinski definition) is 2. The lowest BCUT2D eigenvalue weighted by atomic mass is 10.2. The van der Waals surface area contributed by atoms with Gasteiger partial charge in [0.25, 0.3) is 5.91 Å². The van der Waals surface area contributed by atoms with Crippen LogP contribution < -0.4 is 10.6 Å². The quantitative estimate of drug-likeness (QED) is 0.902. The van der Waals surface area contributed by atoms with E-state index in [-0.39, 0.29) is 5.91 Å². The van der Waals surface area contributed by atoms with Gasteiger partial charge in [0.05, 0.1) is 10.7 Å². The number of halogens is 1. The van der Waals surface area contributed by atoms with Crippen molar-refractivity contribution in [1.29, 1.82) is 0 Å². The highest BCUT2D eigenvalue weighted by atomic mass is 35.5. The Morgan fingerprint density at radius 2 is 2.00 bits per heavy atom. The average Bonchev–Trinajstić information content (AvgIpc) is 2.43. The fourth-order valence-electron chi connectivity index (χ4n) is 1.81. The molecule has 4 nitrogen and oxygen atoms in total. The van der Waals surface area contributed by atoms with Crippen LogP contribution >= 0.6 is 11.6 Å². The van der Waals surface area contributed by atoms with Crippen molar-refractivity contribution in [3.8, 4) is 0 Å². The highest BCUT2D eigenvalue weighted by Gasteiger charge is 2.11. The second-order valence-corrected chi connectivity index (χ2v) is 4.73. The van der Waals surface area contributed by atoms with Crippen molar-refractivity contribution in [2.45, 2.75) is 13.8 Å². The molecular weight excluding hydrogens is 274 g/mol. The number of carbonyl (C=O) groups is 1. The van der Waals surface area contributed by atoms with Gasteiger partial charge in [-0.2, -0.15) is 0 Å². The Morgan fingerprint density at radius 1 is 1.25 bits per heavy atom. The summed E-state index contributed by atoms with van der Waals surface area (Å²) in [5.41, 5.74) is 1.88. The third kappa shape index (κ3) is 3.27. The van der Waals surface area contributed by atoms with Gasteiger partial charge < -0.3 is 10.6 Å². The molecule has 0 unspecified atom stereocenters. The van der Waals surface area contributed by atoms with Crippen LogP contribution in [0.25, 0.3) is 0 Å². The van der Waals surface area contributed by atoms with Crippen molar-refractivity contribution in [1.82, 2.24) is 4.98 Å². The molecule has 1 aromatic heterocycles. The number of amides is 1. The Bertz CT molecular complexity index is 608. The summed E-state index contributed by atoms with van der Waals surface area (Å²) in [4.78, 5) is 16.5. The lowest BCUT2D eigenvalue weighted by molar-refractivity contribution is 0.102. The summed E-state index contributed by atoms with van der Waals surface area (Å²) < 4.78 is 0. The summed E-state index contributed by atoms with van der Waals surface area (Å²) in [6.45, 7) is 4.62. The zero-order chi connectivity index (χ0) is 14.5. The summed E-state index contributed by atoms with van der Waals surface area (Å²) in [5.74, 6) is 0.400. The first-order valence-electron chi connectivity index (χ1n) is 6.39. The van der Waals surface area contributed by atoms with Crippen molar-refractivity contribution in [2.24, 2.45) is 0 Å². The zero-order valence-electron chi connectivity index (χ0n) is 11.4. The van der Waals surface area contributed by atoms with Gasteiger partial charge in [0, 0.05) is 6.54 Å². The molecule has 0 saturated heterocycles. The number of para-hydroxylation sites is 1. The first kappa shape index (κ1) is 14.3. The van der Waals surface area contributed by atoms with Crippen LogP contribution in [0.3, 0.4) is 0 Å². The van der Waals surface area contributed by atoms with Gasteiger partial charge in [0.2, 0.25) is 0 Å². The van der Waals surface area contributed by atoms with E-state index >= 15 is 0 Å². The Morgan fingerprint density at radius 3 is 2.70 bits per heavy atom. The van der Waals surface area contributed by atoms with Crippen molar-refractivity contribution in [3.05, 3.63) is 52.7 Å². The predicted octanol–water partition coefficient (Wildman–Crippen LogP) is 3.73. The van der Waals surface area contributed by atoms with E-state index in [1.165, 1.54) is 0 Å². The Kier molecular flexibility index (Phi) is 4.58. The van der Waals surface area contributed by atoms with E-state index in [4.69, 9.17) is 11.6 Å². The fourth-order valence-corrected chi connectivity index (χ4v) is 2.08. The van der Waals surface area contributed by atoms with Crippen molar-refractivity contribution in [3.63, 3.8) is 0 Å². The highest BCUT2D eigenvalue weighted by Crippen LogP contribution is 2.25. The van der Waals surface area contributed by atoms with Gasteiger partial charge in [-0.05, 0) is 37.6 Å². The summed E-state index contributed by atoms with van der Waals surface area (Å²) in [6.07, 6.45) is 0. The molecule has 20 heavy (non-hydrogen) atoms. The van der Waals surface area contributed by atoms with E-state index in [1.807, 2.05) is 32.0 Å². The molecule has 2 N–H and O–H groups in total. The molecule has 2 rings (SSSR count). The standard InChI is InChI=1S/C15H16ClN3O/c1-3-17-13-9-5-8-12(18-13)15(20)19-14-10(2)6-4-7-11(14)16/h4-9H,3H2,1-2H3,(H,17,18)(H,19,20). The number of anilines is 2. The van der Waals surface area contributed by atoms with E-state index < -0.39 is 0 Å². The number of pyridine rings is 1. The summed E-state index contributed by atoms with van der Waals surface area (Å²) >= 11 is 6.09. The minimum absolute atomic E-state index is 0.277. The van der Waals surface area contributed by atoms with Crippen molar-refractivity contribution >= 4 is 29.0 Å². The number of hydrogen-bond acceptors (Lipinski definition) is 3. The van der Waals surface area contributed by atoms with Crippen molar-refractivity contribution < 1.29 is 4.79 Å². The predicted molar refractivity (Wildman–Crippen MR) is 82.5 cm³/mol. The molecule has 0 spiro atoms. The fraction of sp³-hybridized carbons (Fsp3) is 0.200. The van der Waals surface area contributed by atoms with E-state index in [1.54, 1.807) is 18.2 Å². The lowest BCUT2D eigenvalue weighted by Crippen LogP contribution is -2.15. The molecule has 0 aliphatic carbocycles. The largest absolute Gasteiger partial charge is 0.370 e. The van der Waals surface area contributed by atoms with Crippen LogP contribution in [0.4, 0.5) is 11.5 Å².